The Morgan fingerprint density at radius 1 is 1.12 bits per heavy atom. The van der Waals surface area contributed by atoms with Gasteiger partial charge >= 0.3 is 0 Å². The van der Waals surface area contributed by atoms with Gasteiger partial charge in [-0.25, -0.2) is 30.2 Å². The van der Waals surface area contributed by atoms with Crippen molar-refractivity contribution in [3.63, 3.8) is 0 Å². The van der Waals surface area contributed by atoms with E-state index in [1.165, 1.54) is 22.3 Å². The van der Waals surface area contributed by atoms with Crippen LogP contribution < -0.4 is 0 Å². The zero-order valence-corrected chi connectivity index (χ0v) is 19.8. The second-order valence-electron chi connectivity index (χ2n) is 8.84. The quantitative estimate of drug-likeness (QED) is 0.496. The molecular formula is C24H23FN2O4S2. The Morgan fingerprint density at radius 2 is 1.88 bits per heavy atom. The number of nitrogens with zero attached hydrogens (tertiary/aromatic N) is 2. The molecule has 0 amide bonds. The Morgan fingerprint density at radius 3 is 2.58 bits per heavy atom. The first kappa shape index (κ1) is 22.0. The first-order valence-corrected chi connectivity index (χ1v) is 13.6. The third-order valence-electron chi connectivity index (χ3n) is 6.70. The summed E-state index contributed by atoms with van der Waals surface area (Å²) < 4.78 is 67.3. The van der Waals surface area contributed by atoms with Crippen molar-refractivity contribution in [3.8, 4) is 0 Å². The maximum atomic E-state index is 14.7. The normalized spacial score (nSPS) is 21.7. The molecule has 2 heterocycles. The summed E-state index contributed by atoms with van der Waals surface area (Å²) in [5.74, 6) is -0.549. The van der Waals surface area contributed by atoms with Crippen molar-refractivity contribution in [2.75, 3.05) is 0 Å². The summed E-state index contributed by atoms with van der Waals surface area (Å²) in [4.78, 5) is 4.32. The van der Waals surface area contributed by atoms with Crippen LogP contribution in [-0.4, -0.2) is 35.8 Å². The average molecular weight is 487 g/mol. The third kappa shape index (κ3) is 3.36. The minimum absolute atomic E-state index is 0.0965. The van der Waals surface area contributed by atoms with E-state index in [0.717, 1.165) is 6.07 Å². The van der Waals surface area contributed by atoms with Gasteiger partial charge in [-0.1, -0.05) is 12.2 Å². The van der Waals surface area contributed by atoms with Crippen LogP contribution in [0.1, 0.15) is 38.7 Å². The fraction of sp³-hybridized carbons (Fsp3) is 0.292. The van der Waals surface area contributed by atoms with Crippen LogP contribution in [0.15, 0.2) is 71.4 Å². The molecule has 33 heavy (non-hydrogen) atoms. The Kier molecular flexibility index (Phi) is 4.92. The second-order valence-corrected chi connectivity index (χ2v) is 13.3. The summed E-state index contributed by atoms with van der Waals surface area (Å²) in [6.07, 6.45) is 7.69. The van der Waals surface area contributed by atoms with Crippen LogP contribution in [0.2, 0.25) is 0 Å². The van der Waals surface area contributed by atoms with Crippen LogP contribution in [0.25, 0.3) is 16.6 Å². The maximum Gasteiger partial charge on any atom is 0.249 e. The Balaban J connectivity index is 1.54. The lowest BCUT2D eigenvalue weighted by Gasteiger charge is -2.33. The van der Waals surface area contributed by atoms with Gasteiger partial charge < -0.3 is 0 Å². The number of hydrogen-bond donors (Lipinski definition) is 0. The number of hydrogen-bond acceptors (Lipinski definition) is 5. The Bertz CT molecular complexity index is 1560. The summed E-state index contributed by atoms with van der Waals surface area (Å²) >= 11 is 0. The van der Waals surface area contributed by atoms with Crippen LogP contribution in [0.5, 0.6) is 0 Å². The highest BCUT2D eigenvalue weighted by molar-refractivity contribution is 7.92. The van der Waals surface area contributed by atoms with E-state index in [1.807, 2.05) is 0 Å². The van der Waals surface area contributed by atoms with Crippen molar-refractivity contribution in [2.45, 2.75) is 48.0 Å². The monoisotopic (exact) mass is 486 g/mol. The fourth-order valence-electron chi connectivity index (χ4n) is 4.23. The molecule has 0 bridgehead atoms. The molecule has 2 aliphatic rings. The lowest BCUT2D eigenvalue weighted by Crippen LogP contribution is -2.41. The van der Waals surface area contributed by atoms with Gasteiger partial charge in [0.25, 0.3) is 0 Å². The number of pyridine rings is 1. The van der Waals surface area contributed by atoms with Crippen molar-refractivity contribution in [3.05, 3.63) is 77.9 Å². The van der Waals surface area contributed by atoms with Gasteiger partial charge in [0.2, 0.25) is 10.0 Å². The van der Waals surface area contributed by atoms with Gasteiger partial charge in [-0.3, -0.25) is 0 Å². The Labute approximate surface area is 192 Å². The molecule has 2 aliphatic carbocycles. The molecule has 6 nitrogen and oxygen atoms in total. The van der Waals surface area contributed by atoms with E-state index in [2.05, 4.69) is 4.98 Å². The van der Waals surface area contributed by atoms with Gasteiger partial charge in [-0.2, -0.15) is 0 Å². The van der Waals surface area contributed by atoms with E-state index < -0.39 is 35.7 Å². The van der Waals surface area contributed by atoms with Crippen molar-refractivity contribution in [1.29, 1.82) is 0 Å². The highest BCUT2D eigenvalue weighted by Crippen LogP contribution is 2.41. The highest BCUT2D eigenvalue weighted by Gasteiger charge is 2.44. The largest absolute Gasteiger partial charge is 0.249 e. The molecule has 1 saturated carbocycles. The molecule has 9 heteroatoms. The Hall–Kier alpha value is -2.78. The van der Waals surface area contributed by atoms with Crippen molar-refractivity contribution >= 4 is 36.5 Å². The van der Waals surface area contributed by atoms with Gasteiger partial charge in [-0.05, 0) is 80.7 Å². The van der Waals surface area contributed by atoms with Gasteiger partial charge in [-0.15, -0.1) is 0 Å². The molecule has 0 spiro atoms. The topological polar surface area (TPSA) is 86.1 Å². The highest BCUT2D eigenvalue weighted by atomic mass is 32.2. The molecule has 0 aliphatic heterocycles. The zero-order chi connectivity index (χ0) is 23.6. The molecule has 1 fully saturated rings. The minimum atomic E-state index is -3.89. The number of halogens is 1. The van der Waals surface area contributed by atoms with Crippen molar-refractivity contribution in [2.24, 2.45) is 0 Å². The summed E-state index contributed by atoms with van der Waals surface area (Å²) in [5.41, 5.74) is 1.52. The van der Waals surface area contributed by atoms with Gasteiger partial charge in [0.1, 0.15) is 10.6 Å². The van der Waals surface area contributed by atoms with E-state index in [9.17, 15) is 21.2 Å². The van der Waals surface area contributed by atoms with Gasteiger partial charge in [0.15, 0.2) is 15.5 Å². The molecule has 0 radical (unpaired) electrons. The van der Waals surface area contributed by atoms with Crippen LogP contribution in [0, 0.1) is 5.82 Å². The molecule has 0 saturated heterocycles. The smallest absolute Gasteiger partial charge is 0.237 e. The number of aromatic nitrogens is 2. The third-order valence-corrected chi connectivity index (χ3v) is 11.4. The molecule has 1 atom stereocenters. The average Bonchev–Trinajstić information content (AvgIpc) is 3.55. The summed E-state index contributed by atoms with van der Waals surface area (Å²) in [6.45, 7) is 3.34. The molecular weight excluding hydrogens is 463 g/mol. The molecule has 3 aromatic rings. The van der Waals surface area contributed by atoms with E-state index in [0.29, 0.717) is 35.0 Å². The van der Waals surface area contributed by atoms with Crippen LogP contribution in [0.3, 0.4) is 0 Å². The van der Waals surface area contributed by atoms with E-state index in [-0.39, 0.29) is 16.9 Å². The minimum Gasteiger partial charge on any atom is -0.237 e. The first-order chi connectivity index (χ1) is 15.6. The van der Waals surface area contributed by atoms with Crippen LogP contribution >= 0.6 is 0 Å². The van der Waals surface area contributed by atoms with Gasteiger partial charge in [0, 0.05) is 23.3 Å². The summed E-state index contributed by atoms with van der Waals surface area (Å²) in [6, 6.07) is 9.06. The van der Waals surface area contributed by atoms with E-state index in [1.54, 1.807) is 50.4 Å². The standard InChI is InChI=1S/C24H23FN2O4S2/c1-16-14-18(21-15-20(7-8-22(21)25)32(28,29)19-5-6-19)9-11-24(16,2)33(30,31)27-13-10-17-4-3-12-26-23(17)27/h3-4,7-10,12-15,19H,5-6,11H2,1-2H3. The predicted molar refractivity (Wildman–Crippen MR) is 125 cm³/mol. The SMILES string of the molecule is CC1=CC(c2cc(S(=O)(=O)C3CC3)ccc2F)=CCC1(C)S(=O)(=O)n1ccc2cccnc21. The molecule has 172 valence electrons. The van der Waals surface area contributed by atoms with E-state index in [4.69, 9.17) is 0 Å². The molecule has 2 aromatic heterocycles. The molecule has 1 unspecified atom stereocenters. The zero-order valence-electron chi connectivity index (χ0n) is 18.2. The predicted octanol–water partition coefficient (Wildman–Crippen LogP) is 4.48. The molecule has 1 aromatic carbocycles. The summed E-state index contributed by atoms with van der Waals surface area (Å²) in [7, 11) is -7.37. The van der Waals surface area contributed by atoms with E-state index >= 15 is 0 Å². The lowest BCUT2D eigenvalue weighted by atomic mass is 9.87. The number of fused-ring (bicyclic) bond motifs is 1. The van der Waals surface area contributed by atoms with Gasteiger partial charge in [0.05, 0.1) is 10.1 Å². The summed E-state index contributed by atoms with van der Waals surface area (Å²) in [5, 5.41) is 0.320. The second kappa shape index (κ2) is 7.36. The number of sulfone groups is 1. The van der Waals surface area contributed by atoms with Crippen molar-refractivity contribution in [1.82, 2.24) is 8.96 Å². The number of rotatable bonds is 5. The molecule has 5 rings (SSSR count). The lowest BCUT2D eigenvalue weighted by molar-refractivity contribution is 0.546. The first-order valence-electron chi connectivity index (χ1n) is 10.7. The molecule has 0 N–H and O–H groups in total. The maximum absolute atomic E-state index is 14.7. The van der Waals surface area contributed by atoms with Crippen molar-refractivity contribution < 1.29 is 21.2 Å². The van der Waals surface area contributed by atoms with Crippen LogP contribution in [-0.2, 0) is 19.9 Å². The number of benzene rings is 1. The van der Waals surface area contributed by atoms with Crippen LogP contribution in [0.4, 0.5) is 4.39 Å². The number of allylic oxidation sites excluding steroid dienone is 3. The fourth-order valence-corrected chi connectivity index (χ4v) is 7.71.